The van der Waals surface area contributed by atoms with E-state index in [1.165, 1.54) is 0 Å². The van der Waals surface area contributed by atoms with Crippen LogP contribution < -0.4 is 10.6 Å². The Hall–Kier alpha value is -0.510. The molecular weight excluding hydrogens is 360 g/mol. The molecule has 7 nitrogen and oxygen atoms in total. The van der Waals surface area contributed by atoms with E-state index in [9.17, 15) is 13.5 Å². The molecule has 2 aliphatic heterocycles. The second kappa shape index (κ2) is 9.43. The molecule has 2 saturated heterocycles. The van der Waals surface area contributed by atoms with Crippen molar-refractivity contribution < 1.29 is 13.5 Å². The van der Waals surface area contributed by atoms with Gasteiger partial charge in [0.05, 0.1) is 17.9 Å². The maximum Gasteiger partial charge on any atom is 0.214 e. The van der Waals surface area contributed by atoms with Gasteiger partial charge in [-0.3, -0.25) is 4.99 Å². The molecule has 25 heavy (non-hydrogen) atoms. The predicted octanol–water partition coefficient (Wildman–Crippen LogP) is 0.614. The van der Waals surface area contributed by atoms with Gasteiger partial charge in [-0.1, -0.05) is 6.92 Å². The number of hydrogen-bond donors (Lipinski definition) is 3. The minimum Gasteiger partial charge on any atom is -0.387 e. The van der Waals surface area contributed by atoms with E-state index in [1.54, 1.807) is 16.1 Å². The molecule has 2 heterocycles. The first kappa shape index (κ1) is 20.8. The molecule has 0 amide bonds. The van der Waals surface area contributed by atoms with Crippen LogP contribution in [-0.2, 0) is 10.0 Å². The van der Waals surface area contributed by atoms with Gasteiger partial charge in [0.25, 0.3) is 0 Å². The van der Waals surface area contributed by atoms with Crippen molar-refractivity contribution in [2.75, 3.05) is 43.4 Å². The van der Waals surface area contributed by atoms with Crippen molar-refractivity contribution in [2.45, 2.75) is 51.2 Å². The van der Waals surface area contributed by atoms with Gasteiger partial charge in [0, 0.05) is 31.4 Å². The highest BCUT2D eigenvalue weighted by Gasteiger charge is 2.32. The molecule has 0 spiro atoms. The summed E-state index contributed by atoms with van der Waals surface area (Å²) in [5.41, 5.74) is -0.690. The predicted molar refractivity (Wildman–Crippen MR) is 105 cm³/mol. The number of sulfonamides is 1. The second-order valence-corrected chi connectivity index (χ2v) is 10.0. The Balaban J connectivity index is 1.86. The third-order valence-corrected chi connectivity index (χ3v) is 7.92. The van der Waals surface area contributed by atoms with Gasteiger partial charge in [-0.05, 0) is 38.4 Å². The molecular formula is C16H32N4O3S2. The normalized spacial score (nSPS) is 26.8. The summed E-state index contributed by atoms with van der Waals surface area (Å²) >= 11 is 1.77. The number of aliphatic hydroxyl groups is 1. The Morgan fingerprint density at radius 3 is 2.64 bits per heavy atom. The first-order valence-corrected chi connectivity index (χ1v) is 12.0. The number of aliphatic imine (C=N–C) groups is 1. The minimum atomic E-state index is -3.10. The number of rotatable bonds is 7. The second-order valence-electron chi connectivity index (χ2n) is 6.86. The van der Waals surface area contributed by atoms with Crippen LogP contribution in [0.5, 0.6) is 0 Å². The lowest BCUT2D eigenvalue weighted by molar-refractivity contribution is 0.0778. The SMILES string of the molecule is CCCS(=O)(=O)N1CCC(NC(=NCC2(O)CCSC2)NCC)CC1. The smallest absolute Gasteiger partial charge is 0.214 e. The van der Waals surface area contributed by atoms with E-state index in [0.717, 1.165) is 37.3 Å². The quantitative estimate of drug-likeness (QED) is 0.434. The van der Waals surface area contributed by atoms with E-state index in [-0.39, 0.29) is 11.8 Å². The maximum absolute atomic E-state index is 12.1. The molecule has 146 valence electrons. The van der Waals surface area contributed by atoms with Crippen LogP contribution in [0, 0.1) is 0 Å². The van der Waals surface area contributed by atoms with Gasteiger partial charge in [0.1, 0.15) is 0 Å². The van der Waals surface area contributed by atoms with Crippen LogP contribution in [0.15, 0.2) is 4.99 Å². The van der Waals surface area contributed by atoms with Gasteiger partial charge in [-0.15, -0.1) is 0 Å². The molecule has 0 radical (unpaired) electrons. The molecule has 9 heteroatoms. The summed E-state index contributed by atoms with van der Waals surface area (Å²) in [6.07, 6.45) is 2.98. The molecule has 3 N–H and O–H groups in total. The molecule has 0 aromatic rings. The van der Waals surface area contributed by atoms with E-state index < -0.39 is 15.6 Å². The first-order chi connectivity index (χ1) is 11.9. The summed E-state index contributed by atoms with van der Waals surface area (Å²) in [6.45, 7) is 6.17. The Kier molecular flexibility index (Phi) is 7.85. The van der Waals surface area contributed by atoms with Crippen LogP contribution in [0.4, 0.5) is 0 Å². The molecule has 2 fully saturated rings. The Morgan fingerprint density at radius 1 is 1.36 bits per heavy atom. The van der Waals surface area contributed by atoms with Crippen LogP contribution in [0.3, 0.4) is 0 Å². The zero-order chi connectivity index (χ0) is 18.3. The van der Waals surface area contributed by atoms with Crippen LogP contribution in [-0.4, -0.2) is 78.9 Å². The molecule has 1 atom stereocenters. The monoisotopic (exact) mass is 392 g/mol. The lowest BCUT2D eigenvalue weighted by Gasteiger charge is -2.32. The molecule has 2 aliphatic rings. The van der Waals surface area contributed by atoms with Crippen LogP contribution in [0.1, 0.15) is 39.5 Å². The van der Waals surface area contributed by atoms with Gasteiger partial charge in [-0.2, -0.15) is 11.8 Å². The lowest BCUT2D eigenvalue weighted by Crippen LogP contribution is -2.50. The molecule has 0 aliphatic carbocycles. The van der Waals surface area contributed by atoms with Crippen LogP contribution >= 0.6 is 11.8 Å². The van der Waals surface area contributed by atoms with Crippen molar-refractivity contribution in [3.05, 3.63) is 0 Å². The fourth-order valence-electron chi connectivity index (χ4n) is 3.13. The largest absolute Gasteiger partial charge is 0.387 e. The number of nitrogens with one attached hydrogen (secondary N) is 2. The summed E-state index contributed by atoms with van der Waals surface area (Å²) in [6, 6.07) is 0.207. The number of hydrogen-bond acceptors (Lipinski definition) is 5. The van der Waals surface area contributed by atoms with Crippen molar-refractivity contribution in [1.29, 1.82) is 0 Å². The third kappa shape index (κ3) is 6.30. The Morgan fingerprint density at radius 2 is 2.08 bits per heavy atom. The summed E-state index contributed by atoms with van der Waals surface area (Å²) in [5.74, 6) is 2.67. The van der Waals surface area contributed by atoms with Gasteiger partial charge in [0.15, 0.2) is 5.96 Å². The molecule has 1 unspecified atom stereocenters. The summed E-state index contributed by atoms with van der Waals surface area (Å²) in [4.78, 5) is 4.56. The third-order valence-electron chi connectivity index (χ3n) is 4.61. The van der Waals surface area contributed by atoms with Gasteiger partial charge < -0.3 is 15.7 Å². The summed E-state index contributed by atoms with van der Waals surface area (Å²) in [5, 5.41) is 17.1. The highest BCUT2D eigenvalue weighted by atomic mass is 32.2. The Labute approximate surface area is 156 Å². The summed E-state index contributed by atoms with van der Waals surface area (Å²) in [7, 11) is -3.10. The minimum absolute atomic E-state index is 0.207. The zero-order valence-corrected chi connectivity index (χ0v) is 17.0. The van der Waals surface area contributed by atoms with E-state index in [2.05, 4.69) is 15.6 Å². The van der Waals surface area contributed by atoms with Crippen molar-refractivity contribution in [2.24, 2.45) is 4.99 Å². The average Bonchev–Trinajstić information content (AvgIpc) is 3.00. The fourth-order valence-corrected chi connectivity index (χ4v) is 5.95. The molecule has 0 aromatic heterocycles. The fraction of sp³-hybridized carbons (Fsp3) is 0.938. The summed E-state index contributed by atoms with van der Waals surface area (Å²) < 4.78 is 25.9. The topological polar surface area (TPSA) is 94.0 Å². The molecule has 0 aromatic carbocycles. The van der Waals surface area contributed by atoms with Gasteiger partial charge in [-0.25, -0.2) is 12.7 Å². The number of nitrogens with zero attached hydrogens (tertiary/aromatic N) is 2. The van der Waals surface area contributed by atoms with Crippen molar-refractivity contribution in [1.82, 2.24) is 14.9 Å². The van der Waals surface area contributed by atoms with E-state index in [0.29, 0.717) is 32.0 Å². The standard InChI is InChI=1S/C16H32N4O3S2/c1-3-11-25(22,23)20-8-5-14(6-9-20)19-15(17-4-2)18-12-16(21)7-10-24-13-16/h14,21H,3-13H2,1-2H3,(H2,17,18,19). The van der Waals surface area contributed by atoms with Crippen LogP contribution in [0.25, 0.3) is 0 Å². The number of thioether (sulfide) groups is 1. The lowest BCUT2D eigenvalue weighted by atomic mass is 10.0. The van der Waals surface area contributed by atoms with Gasteiger partial charge in [0.2, 0.25) is 10.0 Å². The Bertz CT molecular complexity index is 540. The van der Waals surface area contributed by atoms with Crippen molar-refractivity contribution in [3.8, 4) is 0 Å². The van der Waals surface area contributed by atoms with E-state index in [1.807, 2.05) is 13.8 Å². The number of piperidine rings is 1. The highest BCUT2D eigenvalue weighted by molar-refractivity contribution is 7.99. The van der Waals surface area contributed by atoms with Gasteiger partial charge >= 0.3 is 0 Å². The maximum atomic E-state index is 12.1. The molecule has 0 bridgehead atoms. The van der Waals surface area contributed by atoms with Crippen molar-refractivity contribution >= 4 is 27.7 Å². The molecule has 2 rings (SSSR count). The zero-order valence-electron chi connectivity index (χ0n) is 15.3. The highest BCUT2D eigenvalue weighted by Crippen LogP contribution is 2.27. The van der Waals surface area contributed by atoms with Crippen molar-refractivity contribution in [3.63, 3.8) is 0 Å². The van der Waals surface area contributed by atoms with E-state index >= 15 is 0 Å². The van der Waals surface area contributed by atoms with Crippen LogP contribution in [0.2, 0.25) is 0 Å². The molecule has 0 saturated carbocycles. The van der Waals surface area contributed by atoms with E-state index in [4.69, 9.17) is 0 Å². The average molecular weight is 393 g/mol. The first-order valence-electron chi connectivity index (χ1n) is 9.21. The number of guanidine groups is 1.